The van der Waals surface area contributed by atoms with Gasteiger partial charge in [-0.3, -0.25) is 0 Å². The van der Waals surface area contributed by atoms with Gasteiger partial charge in [-0.05, 0) is 54.5 Å². The summed E-state index contributed by atoms with van der Waals surface area (Å²) in [5.41, 5.74) is 6.91. The quantitative estimate of drug-likeness (QED) is 0.419. The minimum absolute atomic E-state index is 0.195. The first kappa shape index (κ1) is 18.6. The Labute approximate surface area is 171 Å². The molecule has 1 aliphatic carbocycles. The van der Waals surface area contributed by atoms with E-state index in [0.717, 1.165) is 5.69 Å². The first-order valence-corrected chi connectivity index (χ1v) is 10.3. The lowest BCUT2D eigenvalue weighted by molar-refractivity contribution is -0.485. The molecule has 2 unspecified atom stereocenters. The summed E-state index contributed by atoms with van der Waals surface area (Å²) in [5, 5.41) is 6.08. The summed E-state index contributed by atoms with van der Waals surface area (Å²) >= 11 is 0. The maximum Gasteiger partial charge on any atom is 0.196 e. The average molecular weight is 389 g/mol. The number of benzene rings is 3. The topological polar surface area (TPSA) is 39.7 Å². The molecule has 1 N–H and O–H groups in total. The Morgan fingerprint density at radius 1 is 0.931 bits per heavy atom. The number of anilines is 1. The first-order chi connectivity index (χ1) is 13.8. The number of aryl methyl sites for hydroxylation is 1. The van der Waals surface area contributed by atoms with Crippen LogP contribution in [0.2, 0.25) is 0 Å². The van der Waals surface area contributed by atoms with Crippen LogP contribution in [0, 0.1) is 12.8 Å². The molecule has 4 nitrogen and oxygen atoms in total. The van der Waals surface area contributed by atoms with Crippen LogP contribution < -0.4 is 5.32 Å². The third-order valence-corrected chi connectivity index (χ3v) is 5.89. The molecule has 5 rings (SSSR count). The Kier molecular flexibility index (Phi) is 4.21. The zero-order valence-electron chi connectivity index (χ0n) is 17.6. The van der Waals surface area contributed by atoms with E-state index in [1.165, 1.54) is 38.6 Å². The second-order valence-corrected chi connectivity index (χ2v) is 8.99. The van der Waals surface area contributed by atoms with Crippen LogP contribution in [0.1, 0.15) is 33.3 Å². The van der Waals surface area contributed by atoms with Crippen molar-refractivity contribution in [2.45, 2.75) is 52.7 Å². The third-order valence-electron chi connectivity index (χ3n) is 5.89. The molecular weight excluding hydrogens is 362 g/mol. The Hall–Kier alpha value is -2.40. The summed E-state index contributed by atoms with van der Waals surface area (Å²) < 4.78 is 6.21. The molecule has 4 heteroatoms. The summed E-state index contributed by atoms with van der Waals surface area (Å²) in [6.45, 7) is 10.2. The van der Waals surface area contributed by atoms with Gasteiger partial charge in [0.05, 0.1) is 0 Å². The van der Waals surface area contributed by atoms with Gasteiger partial charge >= 0.3 is 0 Å². The number of hydrogen-bond donors (Lipinski definition) is 1. The Morgan fingerprint density at radius 2 is 1.69 bits per heavy atom. The Bertz CT molecular complexity index is 1100. The summed E-state index contributed by atoms with van der Waals surface area (Å²) in [6, 6.07) is 17.6. The monoisotopic (exact) mass is 389 g/mol. The maximum atomic E-state index is 6.21. The SMILES string of the molecule is Cc1ccc2c(c1)-c1cccc3c(NC4OC(C(C)C)OOC4(C)C)ccc-2c13. The van der Waals surface area contributed by atoms with Crippen LogP contribution in [0.15, 0.2) is 48.5 Å². The van der Waals surface area contributed by atoms with Crippen molar-refractivity contribution in [3.05, 3.63) is 54.1 Å². The van der Waals surface area contributed by atoms with Crippen molar-refractivity contribution < 1.29 is 14.5 Å². The van der Waals surface area contributed by atoms with Gasteiger partial charge in [0.1, 0.15) is 5.60 Å². The van der Waals surface area contributed by atoms with E-state index in [1.54, 1.807) is 0 Å². The molecular formula is C25H27NO3. The molecule has 0 bridgehead atoms. The number of hydrogen-bond acceptors (Lipinski definition) is 4. The summed E-state index contributed by atoms with van der Waals surface area (Å²) in [4.78, 5) is 11.1. The molecule has 1 saturated heterocycles. The fourth-order valence-electron chi connectivity index (χ4n) is 4.25. The number of fused-ring (bicyclic) bond motifs is 3. The highest BCUT2D eigenvalue weighted by Gasteiger charge is 2.41. The number of nitrogens with one attached hydrogen (secondary N) is 1. The van der Waals surface area contributed by atoms with Crippen molar-refractivity contribution in [1.29, 1.82) is 0 Å². The average Bonchev–Trinajstić information content (AvgIpc) is 3.00. The summed E-state index contributed by atoms with van der Waals surface area (Å²) in [7, 11) is 0. The van der Waals surface area contributed by atoms with Crippen LogP contribution in [-0.4, -0.2) is 18.1 Å². The van der Waals surface area contributed by atoms with Crippen LogP contribution in [0.25, 0.3) is 33.0 Å². The molecule has 2 atom stereocenters. The molecule has 1 fully saturated rings. The zero-order chi connectivity index (χ0) is 20.3. The van der Waals surface area contributed by atoms with Crippen LogP contribution >= 0.6 is 0 Å². The Morgan fingerprint density at radius 3 is 2.48 bits per heavy atom. The van der Waals surface area contributed by atoms with Gasteiger partial charge in [-0.2, -0.15) is 0 Å². The van der Waals surface area contributed by atoms with Gasteiger partial charge in [0.2, 0.25) is 0 Å². The molecule has 0 amide bonds. The molecule has 0 radical (unpaired) electrons. The predicted molar refractivity (Wildman–Crippen MR) is 116 cm³/mol. The van der Waals surface area contributed by atoms with Gasteiger partial charge in [0.25, 0.3) is 0 Å². The molecule has 29 heavy (non-hydrogen) atoms. The second-order valence-electron chi connectivity index (χ2n) is 8.99. The van der Waals surface area contributed by atoms with Crippen molar-refractivity contribution in [2.75, 3.05) is 5.32 Å². The van der Waals surface area contributed by atoms with Gasteiger partial charge in [0, 0.05) is 17.0 Å². The first-order valence-electron chi connectivity index (χ1n) is 10.3. The number of rotatable bonds is 3. The summed E-state index contributed by atoms with van der Waals surface area (Å²) in [6.07, 6.45) is -0.726. The molecule has 0 saturated carbocycles. The van der Waals surface area contributed by atoms with Crippen LogP contribution in [0.3, 0.4) is 0 Å². The van der Waals surface area contributed by atoms with Gasteiger partial charge in [0.15, 0.2) is 12.5 Å². The van der Waals surface area contributed by atoms with E-state index in [4.69, 9.17) is 14.5 Å². The van der Waals surface area contributed by atoms with Crippen LogP contribution in [0.5, 0.6) is 0 Å². The minimum atomic E-state index is -0.617. The van der Waals surface area contributed by atoms with Gasteiger partial charge in [-0.25, -0.2) is 9.78 Å². The highest BCUT2D eigenvalue weighted by molar-refractivity contribution is 6.18. The van der Waals surface area contributed by atoms with Gasteiger partial charge < -0.3 is 10.1 Å². The molecule has 1 aliphatic heterocycles. The summed E-state index contributed by atoms with van der Waals surface area (Å²) in [5.74, 6) is 0.195. The van der Waals surface area contributed by atoms with Crippen molar-refractivity contribution in [1.82, 2.24) is 0 Å². The molecule has 0 aromatic heterocycles. The molecule has 0 spiro atoms. The van der Waals surface area contributed by atoms with Gasteiger partial charge in [-0.1, -0.05) is 61.9 Å². The van der Waals surface area contributed by atoms with E-state index in [-0.39, 0.29) is 12.1 Å². The minimum Gasteiger partial charge on any atom is -0.357 e. The van der Waals surface area contributed by atoms with Crippen molar-refractivity contribution in [3.63, 3.8) is 0 Å². The highest BCUT2D eigenvalue weighted by Crippen LogP contribution is 2.49. The largest absolute Gasteiger partial charge is 0.357 e. The third kappa shape index (κ3) is 2.94. The van der Waals surface area contributed by atoms with Crippen molar-refractivity contribution in [2.24, 2.45) is 5.92 Å². The highest BCUT2D eigenvalue weighted by atomic mass is 17.2. The van der Waals surface area contributed by atoms with E-state index >= 15 is 0 Å². The lowest BCUT2D eigenvalue weighted by Crippen LogP contribution is -2.54. The van der Waals surface area contributed by atoms with E-state index in [9.17, 15) is 0 Å². The molecule has 3 aromatic carbocycles. The fourth-order valence-corrected chi connectivity index (χ4v) is 4.25. The van der Waals surface area contributed by atoms with Crippen LogP contribution in [-0.2, 0) is 14.5 Å². The van der Waals surface area contributed by atoms with E-state index in [2.05, 4.69) is 74.6 Å². The molecule has 3 aromatic rings. The van der Waals surface area contributed by atoms with E-state index < -0.39 is 11.9 Å². The molecule has 1 heterocycles. The Balaban J connectivity index is 1.58. The standard InChI is InChI=1S/C25H27NO3/c1-14(2)23-27-24(25(4,5)29-28-23)26-21-12-11-18-16-10-9-15(3)13-20(16)17-7-6-8-19(21)22(17)18/h6-14,23-24,26H,1-5H3. The smallest absolute Gasteiger partial charge is 0.196 e. The van der Waals surface area contributed by atoms with E-state index in [1.807, 2.05) is 13.8 Å². The van der Waals surface area contributed by atoms with E-state index in [0.29, 0.717) is 0 Å². The lowest BCUT2D eigenvalue weighted by Gasteiger charge is -2.42. The lowest BCUT2D eigenvalue weighted by atomic mass is 10.0. The number of ether oxygens (including phenoxy) is 1. The second kappa shape index (κ2) is 6.56. The fraction of sp³-hybridized carbons (Fsp3) is 0.360. The van der Waals surface area contributed by atoms with Crippen molar-refractivity contribution in [3.8, 4) is 22.3 Å². The van der Waals surface area contributed by atoms with Gasteiger partial charge in [-0.15, -0.1) is 0 Å². The maximum absolute atomic E-state index is 6.21. The normalized spacial score (nSPS) is 22.1. The predicted octanol–water partition coefficient (Wildman–Crippen LogP) is 6.27. The molecule has 2 aliphatic rings. The zero-order valence-corrected chi connectivity index (χ0v) is 17.6. The van der Waals surface area contributed by atoms with Crippen molar-refractivity contribution >= 4 is 16.5 Å². The molecule has 150 valence electrons. The van der Waals surface area contributed by atoms with Crippen LogP contribution in [0.4, 0.5) is 5.69 Å².